The van der Waals surface area contributed by atoms with E-state index in [1.807, 2.05) is 11.7 Å². The van der Waals surface area contributed by atoms with E-state index < -0.39 is 0 Å². The minimum absolute atomic E-state index is 0.216. The highest BCUT2D eigenvalue weighted by atomic mass is 15.3. The van der Waals surface area contributed by atoms with Crippen LogP contribution < -0.4 is 5.32 Å². The van der Waals surface area contributed by atoms with Crippen LogP contribution in [0.25, 0.3) is 0 Å². The number of hydrogen-bond acceptors (Lipinski definition) is 2. The van der Waals surface area contributed by atoms with Crippen molar-refractivity contribution in [3.63, 3.8) is 0 Å². The van der Waals surface area contributed by atoms with Gasteiger partial charge in [-0.2, -0.15) is 5.10 Å². The van der Waals surface area contributed by atoms with Gasteiger partial charge in [-0.15, -0.1) is 0 Å². The third-order valence-electron chi connectivity index (χ3n) is 4.22. The zero-order valence-corrected chi connectivity index (χ0v) is 13.4. The Kier molecular flexibility index (Phi) is 4.29. The van der Waals surface area contributed by atoms with Gasteiger partial charge in [-0.1, -0.05) is 25.1 Å². The minimum Gasteiger partial charge on any atom is -0.306 e. The first-order valence-corrected chi connectivity index (χ1v) is 7.27. The van der Waals surface area contributed by atoms with Crippen molar-refractivity contribution in [3.8, 4) is 0 Å². The Balaban J connectivity index is 2.59. The third-order valence-corrected chi connectivity index (χ3v) is 4.22. The normalized spacial score (nSPS) is 12.7. The van der Waals surface area contributed by atoms with Gasteiger partial charge >= 0.3 is 0 Å². The van der Waals surface area contributed by atoms with Gasteiger partial charge in [-0.3, -0.25) is 4.68 Å². The molecule has 2 aromatic rings. The van der Waals surface area contributed by atoms with E-state index in [-0.39, 0.29) is 6.04 Å². The Morgan fingerprint density at radius 1 is 1.20 bits per heavy atom. The van der Waals surface area contributed by atoms with Gasteiger partial charge in [-0.25, -0.2) is 0 Å². The lowest BCUT2D eigenvalue weighted by molar-refractivity contribution is 0.619. The molecule has 1 aromatic carbocycles. The summed E-state index contributed by atoms with van der Waals surface area (Å²) < 4.78 is 1.97. The van der Waals surface area contributed by atoms with Gasteiger partial charge in [0.2, 0.25) is 0 Å². The quantitative estimate of drug-likeness (QED) is 0.924. The Labute approximate surface area is 122 Å². The average Bonchev–Trinajstić information content (AvgIpc) is 2.65. The molecule has 3 nitrogen and oxygen atoms in total. The number of nitrogens with zero attached hydrogens (tertiary/aromatic N) is 2. The second kappa shape index (κ2) is 5.80. The summed E-state index contributed by atoms with van der Waals surface area (Å²) in [4.78, 5) is 0. The summed E-state index contributed by atoms with van der Waals surface area (Å²) in [6.07, 6.45) is 0. The summed E-state index contributed by atoms with van der Waals surface area (Å²) in [6, 6.07) is 6.75. The highest BCUT2D eigenvalue weighted by molar-refractivity contribution is 5.43. The van der Waals surface area contributed by atoms with Crippen LogP contribution in [0.4, 0.5) is 0 Å². The molecule has 2 rings (SSSR count). The highest BCUT2D eigenvalue weighted by Gasteiger charge is 2.22. The molecule has 0 bridgehead atoms. The van der Waals surface area contributed by atoms with Gasteiger partial charge in [-0.05, 0) is 50.9 Å². The lowest BCUT2D eigenvalue weighted by atomic mass is 9.91. The first kappa shape index (κ1) is 14.8. The molecule has 1 unspecified atom stereocenters. The molecule has 1 atom stereocenters. The molecular weight excluding hydrogens is 246 g/mol. The summed E-state index contributed by atoms with van der Waals surface area (Å²) in [6.45, 7) is 11.7. The Bertz CT molecular complexity index is 611. The molecule has 0 radical (unpaired) electrons. The van der Waals surface area contributed by atoms with Gasteiger partial charge in [0.1, 0.15) is 0 Å². The molecule has 108 valence electrons. The van der Waals surface area contributed by atoms with E-state index in [1.165, 1.54) is 27.9 Å². The van der Waals surface area contributed by atoms with Crippen LogP contribution >= 0.6 is 0 Å². The van der Waals surface area contributed by atoms with Gasteiger partial charge in [0, 0.05) is 18.3 Å². The van der Waals surface area contributed by atoms with Crippen molar-refractivity contribution < 1.29 is 0 Å². The maximum Gasteiger partial charge on any atom is 0.0647 e. The molecule has 0 saturated heterocycles. The van der Waals surface area contributed by atoms with Crippen LogP contribution in [0.5, 0.6) is 0 Å². The molecule has 0 aliphatic carbocycles. The topological polar surface area (TPSA) is 29.9 Å². The van der Waals surface area contributed by atoms with E-state index in [0.29, 0.717) is 0 Å². The van der Waals surface area contributed by atoms with Crippen molar-refractivity contribution in [1.82, 2.24) is 15.1 Å². The molecule has 0 spiro atoms. The van der Waals surface area contributed by atoms with Crippen LogP contribution in [-0.4, -0.2) is 16.3 Å². The van der Waals surface area contributed by atoms with Crippen molar-refractivity contribution in [2.24, 2.45) is 7.05 Å². The first-order chi connectivity index (χ1) is 9.47. The standard InChI is InChI=1S/C17H25N3/c1-7-18-17(15-10-8-9-11(2)12(15)3)16-13(4)19-20(6)14(16)5/h8-10,17-18H,7H2,1-6H3. The van der Waals surface area contributed by atoms with E-state index in [0.717, 1.165) is 12.2 Å². The van der Waals surface area contributed by atoms with Crippen LogP contribution in [-0.2, 0) is 7.05 Å². The third kappa shape index (κ3) is 2.50. The second-order valence-electron chi connectivity index (χ2n) is 5.49. The summed E-state index contributed by atoms with van der Waals surface area (Å²) >= 11 is 0. The van der Waals surface area contributed by atoms with Gasteiger partial charge in [0.15, 0.2) is 0 Å². The molecule has 0 aliphatic rings. The average molecular weight is 271 g/mol. The zero-order valence-electron chi connectivity index (χ0n) is 13.4. The van der Waals surface area contributed by atoms with Crippen LogP contribution in [0.2, 0.25) is 0 Å². The summed E-state index contributed by atoms with van der Waals surface area (Å²) in [5.74, 6) is 0. The van der Waals surface area contributed by atoms with Crippen LogP contribution in [0.15, 0.2) is 18.2 Å². The largest absolute Gasteiger partial charge is 0.306 e. The Hall–Kier alpha value is -1.61. The van der Waals surface area contributed by atoms with Gasteiger partial charge < -0.3 is 5.32 Å². The van der Waals surface area contributed by atoms with E-state index in [4.69, 9.17) is 0 Å². The number of rotatable bonds is 4. The Morgan fingerprint density at radius 2 is 1.90 bits per heavy atom. The Morgan fingerprint density at radius 3 is 2.45 bits per heavy atom. The van der Waals surface area contributed by atoms with Crippen molar-refractivity contribution in [2.45, 2.75) is 40.7 Å². The van der Waals surface area contributed by atoms with E-state index in [9.17, 15) is 0 Å². The second-order valence-corrected chi connectivity index (χ2v) is 5.49. The fourth-order valence-corrected chi connectivity index (χ4v) is 2.87. The van der Waals surface area contributed by atoms with Gasteiger partial charge in [0.25, 0.3) is 0 Å². The van der Waals surface area contributed by atoms with Crippen LogP contribution in [0.1, 0.15) is 46.6 Å². The van der Waals surface area contributed by atoms with Gasteiger partial charge in [0.05, 0.1) is 11.7 Å². The monoisotopic (exact) mass is 271 g/mol. The van der Waals surface area contributed by atoms with Crippen molar-refractivity contribution in [3.05, 3.63) is 51.8 Å². The molecule has 0 amide bonds. The van der Waals surface area contributed by atoms with E-state index in [1.54, 1.807) is 0 Å². The lowest BCUT2D eigenvalue weighted by Crippen LogP contribution is -2.24. The lowest BCUT2D eigenvalue weighted by Gasteiger charge is -2.22. The smallest absolute Gasteiger partial charge is 0.0647 e. The van der Waals surface area contributed by atoms with Crippen molar-refractivity contribution in [1.29, 1.82) is 0 Å². The highest BCUT2D eigenvalue weighted by Crippen LogP contribution is 2.30. The summed E-state index contributed by atoms with van der Waals surface area (Å²) in [7, 11) is 2.01. The van der Waals surface area contributed by atoms with Crippen molar-refractivity contribution >= 4 is 0 Å². The number of benzene rings is 1. The molecule has 0 saturated carbocycles. The molecule has 0 fully saturated rings. The van der Waals surface area contributed by atoms with Crippen LogP contribution in [0, 0.1) is 27.7 Å². The molecule has 0 aliphatic heterocycles. The molecule has 1 heterocycles. The van der Waals surface area contributed by atoms with E-state index in [2.05, 4.69) is 63.2 Å². The molecule has 1 aromatic heterocycles. The summed E-state index contributed by atoms with van der Waals surface area (Å²) in [5.41, 5.74) is 7.70. The molecule has 3 heteroatoms. The maximum absolute atomic E-state index is 4.57. The first-order valence-electron chi connectivity index (χ1n) is 7.27. The predicted octanol–water partition coefficient (Wildman–Crippen LogP) is 3.35. The molecule has 1 N–H and O–H groups in total. The predicted molar refractivity (Wildman–Crippen MR) is 84.1 cm³/mol. The molecular formula is C17H25N3. The number of aromatic nitrogens is 2. The maximum atomic E-state index is 4.57. The minimum atomic E-state index is 0.216. The fourth-order valence-electron chi connectivity index (χ4n) is 2.87. The zero-order chi connectivity index (χ0) is 14.9. The van der Waals surface area contributed by atoms with Crippen molar-refractivity contribution in [2.75, 3.05) is 6.54 Å². The SMILES string of the molecule is CCNC(c1cccc(C)c1C)c1c(C)nn(C)c1C. The molecule has 20 heavy (non-hydrogen) atoms. The number of aryl methyl sites for hydroxylation is 3. The number of nitrogens with one attached hydrogen (secondary N) is 1. The van der Waals surface area contributed by atoms with E-state index >= 15 is 0 Å². The fraction of sp³-hybridized carbons (Fsp3) is 0.471. The van der Waals surface area contributed by atoms with Crippen LogP contribution in [0.3, 0.4) is 0 Å². The number of hydrogen-bond donors (Lipinski definition) is 1. The summed E-state index contributed by atoms with van der Waals surface area (Å²) in [5, 5.41) is 8.19.